The maximum absolute atomic E-state index is 12.6. The fourth-order valence-electron chi connectivity index (χ4n) is 2.13. The molecule has 0 fully saturated rings. The van der Waals surface area contributed by atoms with Gasteiger partial charge in [-0.1, -0.05) is 6.07 Å². The fraction of sp³-hybridized carbons (Fsp3) is 0.250. The molecule has 0 saturated carbocycles. The second-order valence-electron chi connectivity index (χ2n) is 4.25. The minimum atomic E-state index is -3.41. The largest absolute Gasteiger partial charge is 0.261 e. The Labute approximate surface area is 124 Å². The van der Waals surface area contributed by atoms with Crippen molar-refractivity contribution in [1.82, 2.24) is 9.29 Å². The van der Waals surface area contributed by atoms with Gasteiger partial charge in [-0.05, 0) is 39.0 Å². The van der Waals surface area contributed by atoms with E-state index in [9.17, 15) is 8.42 Å². The van der Waals surface area contributed by atoms with E-state index >= 15 is 0 Å². The first kappa shape index (κ1) is 13.2. The molecule has 0 aromatic carbocycles. The van der Waals surface area contributed by atoms with E-state index in [4.69, 9.17) is 0 Å². The number of fused-ring (bicyclic) bond motifs is 1. The van der Waals surface area contributed by atoms with Crippen LogP contribution < -0.4 is 0 Å². The van der Waals surface area contributed by atoms with Gasteiger partial charge in [-0.3, -0.25) is 4.98 Å². The van der Waals surface area contributed by atoms with Crippen LogP contribution in [0.2, 0.25) is 0 Å². The number of halogens is 1. The van der Waals surface area contributed by atoms with E-state index < -0.39 is 10.0 Å². The van der Waals surface area contributed by atoms with Crippen molar-refractivity contribution in [2.75, 3.05) is 6.54 Å². The maximum Gasteiger partial charge on any atom is 0.254 e. The van der Waals surface area contributed by atoms with E-state index in [0.29, 0.717) is 28.2 Å². The summed E-state index contributed by atoms with van der Waals surface area (Å²) in [7, 11) is -3.41. The quantitative estimate of drug-likeness (QED) is 0.828. The lowest BCUT2D eigenvalue weighted by Crippen LogP contribution is -2.36. The summed E-state index contributed by atoms with van der Waals surface area (Å²) in [5.74, 6) is 0. The second kappa shape index (κ2) is 4.97. The Morgan fingerprint density at radius 3 is 2.95 bits per heavy atom. The molecule has 2 aromatic heterocycles. The highest BCUT2D eigenvalue weighted by atomic mass is 79.9. The van der Waals surface area contributed by atoms with Crippen LogP contribution in [0.25, 0.3) is 0 Å². The molecule has 0 radical (unpaired) electrons. The summed E-state index contributed by atoms with van der Waals surface area (Å²) in [6.45, 7) is 0.881. The standard InChI is InChI=1S/C12H11BrN2O2S2/c13-10-4-7-18-12(10)19(16,17)15-6-3-11-9(8-15)2-1-5-14-11/h1-2,4-5,7H,3,6,8H2. The predicted molar refractivity (Wildman–Crippen MR) is 77.6 cm³/mol. The number of hydrogen-bond acceptors (Lipinski definition) is 4. The molecular weight excluding hydrogens is 348 g/mol. The van der Waals surface area contributed by atoms with E-state index in [1.54, 1.807) is 17.6 Å². The third-order valence-electron chi connectivity index (χ3n) is 3.09. The molecule has 1 aliphatic heterocycles. The van der Waals surface area contributed by atoms with E-state index in [1.807, 2.05) is 12.1 Å². The predicted octanol–water partition coefficient (Wildman–Crippen LogP) is 2.65. The molecule has 100 valence electrons. The zero-order chi connectivity index (χ0) is 13.5. The first-order chi connectivity index (χ1) is 9.09. The maximum atomic E-state index is 12.6. The van der Waals surface area contributed by atoms with Crippen molar-refractivity contribution in [3.05, 3.63) is 45.5 Å². The Hall–Kier alpha value is -0.760. The molecule has 0 spiro atoms. The normalized spacial score (nSPS) is 16.3. The summed E-state index contributed by atoms with van der Waals surface area (Å²) in [6.07, 6.45) is 2.41. The summed E-state index contributed by atoms with van der Waals surface area (Å²) >= 11 is 4.53. The second-order valence-corrected chi connectivity index (χ2v) is 8.16. The molecule has 0 amide bonds. The Kier molecular flexibility index (Phi) is 3.46. The van der Waals surface area contributed by atoms with Crippen molar-refractivity contribution < 1.29 is 8.42 Å². The van der Waals surface area contributed by atoms with Gasteiger partial charge < -0.3 is 0 Å². The molecule has 3 rings (SSSR count). The molecule has 4 nitrogen and oxygen atoms in total. The SMILES string of the molecule is O=S(=O)(c1sccc1Br)N1CCc2ncccc2C1. The summed E-state index contributed by atoms with van der Waals surface area (Å²) in [5.41, 5.74) is 1.99. The van der Waals surface area contributed by atoms with E-state index in [2.05, 4.69) is 20.9 Å². The van der Waals surface area contributed by atoms with Crippen LogP contribution in [0.5, 0.6) is 0 Å². The Bertz CT molecular complexity index is 712. The van der Waals surface area contributed by atoms with Gasteiger partial charge >= 0.3 is 0 Å². The van der Waals surface area contributed by atoms with Crippen LogP contribution in [0.3, 0.4) is 0 Å². The lowest BCUT2D eigenvalue weighted by atomic mass is 10.1. The van der Waals surface area contributed by atoms with Crippen molar-refractivity contribution in [1.29, 1.82) is 0 Å². The minimum absolute atomic E-state index is 0.375. The van der Waals surface area contributed by atoms with Gasteiger partial charge in [0.05, 0.1) is 0 Å². The van der Waals surface area contributed by atoms with Crippen LogP contribution >= 0.6 is 27.3 Å². The minimum Gasteiger partial charge on any atom is -0.261 e. The highest BCUT2D eigenvalue weighted by Crippen LogP contribution is 2.32. The van der Waals surface area contributed by atoms with Gasteiger partial charge in [-0.25, -0.2) is 8.42 Å². The van der Waals surface area contributed by atoms with Crippen molar-refractivity contribution in [2.45, 2.75) is 17.2 Å². The van der Waals surface area contributed by atoms with Gasteiger partial charge in [0.15, 0.2) is 0 Å². The summed E-state index contributed by atoms with van der Waals surface area (Å²) in [5, 5.41) is 1.77. The molecule has 0 unspecified atom stereocenters. The molecule has 0 saturated heterocycles. The topological polar surface area (TPSA) is 50.3 Å². The zero-order valence-corrected chi connectivity index (χ0v) is 13.1. The number of sulfonamides is 1. The number of hydrogen-bond donors (Lipinski definition) is 0. The van der Waals surface area contributed by atoms with Gasteiger partial charge in [-0.2, -0.15) is 4.31 Å². The molecule has 7 heteroatoms. The molecule has 0 N–H and O–H groups in total. The highest BCUT2D eigenvalue weighted by Gasteiger charge is 2.30. The molecular formula is C12H11BrN2O2S2. The van der Waals surface area contributed by atoms with Crippen LogP contribution in [0.1, 0.15) is 11.3 Å². The third kappa shape index (κ3) is 2.35. The molecule has 3 heterocycles. The molecule has 19 heavy (non-hydrogen) atoms. The number of aromatic nitrogens is 1. The van der Waals surface area contributed by atoms with Crippen molar-refractivity contribution >= 4 is 37.3 Å². The van der Waals surface area contributed by atoms with Crippen molar-refractivity contribution in [3.8, 4) is 0 Å². The lowest BCUT2D eigenvalue weighted by Gasteiger charge is -2.26. The van der Waals surface area contributed by atoms with Crippen molar-refractivity contribution in [3.63, 3.8) is 0 Å². The number of nitrogens with zero attached hydrogens (tertiary/aromatic N) is 2. The Morgan fingerprint density at radius 1 is 1.37 bits per heavy atom. The van der Waals surface area contributed by atoms with Crippen LogP contribution in [0, 0.1) is 0 Å². The third-order valence-corrected chi connectivity index (χ3v) is 7.58. The van der Waals surface area contributed by atoms with Crippen LogP contribution in [0.4, 0.5) is 0 Å². The lowest BCUT2D eigenvalue weighted by molar-refractivity contribution is 0.388. The van der Waals surface area contributed by atoms with E-state index in [-0.39, 0.29) is 0 Å². The molecule has 1 aliphatic rings. The summed E-state index contributed by atoms with van der Waals surface area (Å²) in [4.78, 5) is 4.29. The van der Waals surface area contributed by atoms with E-state index in [0.717, 1.165) is 11.3 Å². The van der Waals surface area contributed by atoms with Crippen LogP contribution in [0.15, 0.2) is 38.5 Å². The fourth-order valence-corrected chi connectivity index (χ4v) is 5.99. The average molecular weight is 359 g/mol. The molecule has 0 atom stereocenters. The Balaban J connectivity index is 1.95. The van der Waals surface area contributed by atoms with Crippen LogP contribution in [-0.2, 0) is 23.0 Å². The number of thiophene rings is 1. The smallest absolute Gasteiger partial charge is 0.254 e. The highest BCUT2D eigenvalue weighted by molar-refractivity contribution is 9.10. The van der Waals surface area contributed by atoms with Gasteiger partial charge in [0.25, 0.3) is 10.0 Å². The zero-order valence-electron chi connectivity index (χ0n) is 9.91. The molecule has 0 bridgehead atoms. The van der Waals surface area contributed by atoms with Crippen LogP contribution in [-0.4, -0.2) is 24.3 Å². The Morgan fingerprint density at radius 2 is 2.21 bits per heavy atom. The van der Waals surface area contributed by atoms with Gasteiger partial charge in [0.2, 0.25) is 0 Å². The van der Waals surface area contributed by atoms with Gasteiger partial charge in [-0.15, -0.1) is 11.3 Å². The first-order valence-corrected chi connectivity index (χ1v) is 8.86. The molecule has 2 aromatic rings. The number of rotatable bonds is 2. The van der Waals surface area contributed by atoms with E-state index in [1.165, 1.54) is 15.6 Å². The summed E-state index contributed by atoms with van der Waals surface area (Å²) in [6, 6.07) is 5.54. The van der Waals surface area contributed by atoms with Gasteiger partial charge in [0, 0.05) is 35.9 Å². The van der Waals surface area contributed by atoms with Crippen molar-refractivity contribution in [2.24, 2.45) is 0 Å². The first-order valence-electron chi connectivity index (χ1n) is 5.75. The molecule has 0 aliphatic carbocycles. The average Bonchev–Trinajstić information content (AvgIpc) is 2.85. The van der Waals surface area contributed by atoms with Gasteiger partial charge in [0.1, 0.15) is 4.21 Å². The number of pyridine rings is 1. The monoisotopic (exact) mass is 358 g/mol. The summed E-state index contributed by atoms with van der Waals surface area (Å²) < 4.78 is 27.7.